The number of methoxy groups -OCH3 is 1. The van der Waals surface area contributed by atoms with Crippen molar-refractivity contribution in [2.75, 3.05) is 7.11 Å². The van der Waals surface area contributed by atoms with Gasteiger partial charge in [-0.2, -0.15) is 0 Å². The molecule has 2 aromatic carbocycles. The molecule has 0 aromatic heterocycles. The molecule has 0 radical (unpaired) electrons. The van der Waals surface area contributed by atoms with Crippen LogP contribution in [0.4, 0.5) is 0 Å². The second-order valence-electron chi connectivity index (χ2n) is 4.78. The van der Waals surface area contributed by atoms with E-state index < -0.39 is 5.38 Å². The minimum Gasteiger partial charge on any atom is -0.496 e. The van der Waals surface area contributed by atoms with Crippen LogP contribution in [0.2, 0.25) is 10.0 Å². The Hall–Kier alpha value is -0.410. The van der Waals surface area contributed by atoms with Gasteiger partial charge in [-0.1, -0.05) is 45.2 Å². The third-order valence-corrected chi connectivity index (χ3v) is 5.24. The van der Waals surface area contributed by atoms with E-state index in [0.29, 0.717) is 10.0 Å². The second-order valence-corrected chi connectivity index (χ2v) is 6.91. The molecule has 0 saturated carbocycles. The van der Waals surface area contributed by atoms with Gasteiger partial charge in [-0.05, 0) is 48.7 Å². The number of hydrogen-bond donors (Lipinski definition) is 0. The SMILES string of the molecule is COc1c(C)cc(Br)c(C)c1C(Cl)c1ccc(Cl)cc1Cl. The number of benzene rings is 2. The first-order valence-corrected chi connectivity index (χ1v) is 8.28. The summed E-state index contributed by atoms with van der Waals surface area (Å²) in [7, 11) is 1.65. The van der Waals surface area contributed by atoms with E-state index in [1.165, 1.54) is 0 Å². The largest absolute Gasteiger partial charge is 0.496 e. The Labute approximate surface area is 148 Å². The fraction of sp³-hybridized carbons (Fsp3) is 0.250. The first kappa shape index (κ1) is 17.0. The average Bonchev–Trinajstić information content (AvgIpc) is 2.41. The van der Waals surface area contributed by atoms with Gasteiger partial charge >= 0.3 is 0 Å². The maximum absolute atomic E-state index is 6.69. The zero-order valence-electron chi connectivity index (χ0n) is 11.8. The van der Waals surface area contributed by atoms with Gasteiger partial charge in [0.15, 0.2) is 0 Å². The zero-order chi connectivity index (χ0) is 15.7. The molecule has 5 heteroatoms. The molecular formula is C16H14BrCl3O. The fourth-order valence-corrected chi connectivity index (χ4v) is 3.90. The lowest BCUT2D eigenvalue weighted by molar-refractivity contribution is 0.406. The number of aryl methyl sites for hydroxylation is 1. The Morgan fingerprint density at radius 2 is 1.81 bits per heavy atom. The molecule has 2 aromatic rings. The Balaban J connectivity index is 2.65. The van der Waals surface area contributed by atoms with Gasteiger partial charge in [0.2, 0.25) is 0 Å². The van der Waals surface area contributed by atoms with E-state index in [2.05, 4.69) is 15.9 Å². The van der Waals surface area contributed by atoms with Crippen molar-refractivity contribution in [2.45, 2.75) is 19.2 Å². The highest BCUT2D eigenvalue weighted by Gasteiger charge is 2.23. The highest BCUT2D eigenvalue weighted by molar-refractivity contribution is 9.10. The van der Waals surface area contributed by atoms with Gasteiger partial charge in [0.25, 0.3) is 0 Å². The van der Waals surface area contributed by atoms with Crippen molar-refractivity contribution in [2.24, 2.45) is 0 Å². The second kappa shape index (κ2) is 6.78. The number of ether oxygens (including phenoxy) is 1. The molecule has 1 atom stereocenters. The smallest absolute Gasteiger partial charge is 0.127 e. The molecular weight excluding hydrogens is 394 g/mol. The number of hydrogen-bond acceptors (Lipinski definition) is 1. The molecule has 0 amide bonds. The quantitative estimate of drug-likeness (QED) is 0.513. The van der Waals surface area contributed by atoms with Gasteiger partial charge in [-0.3, -0.25) is 0 Å². The van der Waals surface area contributed by atoms with Crippen LogP contribution in [-0.2, 0) is 0 Å². The van der Waals surface area contributed by atoms with Crippen molar-refractivity contribution < 1.29 is 4.74 Å². The van der Waals surface area contributed by atoms with Gasteiger partial charge in [0.05, 0.1) is 12.5 Å². The van der Waals surface area contributed by atoms with Crippen LogP contribution < -0.4 is 4.74 Å². The molecule has 2 rings (SSSR count). The molecule has 0 saturated heterocycles. The van der Waals surface area contributed by atoms with Gasteiger partial charge in [0.1, 0.15) is 5.75 Å². The fourth-order valence-electron chi connectivity index (χ4n) is 2.31. The summed E-state index contributed by atoms with van der Waals surface area (Å²) in [5.74, 6) is 0.779. The molecule has 0 aliphatic rings. The molecule has 0 aliphatic heterocycles. The summed E-state index contributed by atoms with van der Waals surface area (Å²) in [4.78, 5) is 0. The van der Waals surface area contributed by atoms with Gasteiger partial charge in [-0.15, -0.1) is 11.6 Å². The third kappa shape index (κ3) is 3.34. The maximum atomic E-state index is 6.69. The maximum Gasteiger partial charge on any atom is 0.127 e. The molecule has 0 spiro atoms. The van der Waals surface area contributed by atoms with E-state index in [1.54, 1.807) is 19.2 Å². The summed E-state index contributed by atoms with van der Waals surface area (Å²) in [6.45, 7) is 3.99. The first-order valence-electron chi connectivity index (χ1n) is 6.29. The molecule has 112 valence electrons. The van der Waals surface area contributed by atoms with Crippen molar-refractivity contribution in [3.8, 4) is 5.75 Å². The van der Waals surface area contributed by atoms with Crippen LogP contribution >= 0.6 is 50.7 Å². The normalized spacial score (nSPS) is 12.3. The zero-order valence-corrected chi connectivity index (χ0v) is 15.7. The molecule has 0 fully saturated rings. The standard InChI is InChI=1S/C16H14BrCl3O/c1-8-6-12(17)9(2)14(16(8)21-3)15(20)11-5-4-10(18)7-13(11)19/h4-7,15H,1-3H3. The molecule has 1 nitrogen and oxygen atoms in total. The Morgan fingerprint density at radius 1 is 1.14 bits per heavy atom. The van der Waals surface area contributed by atoms with Crippen molar-refractivity contribution in [1.29, 1.82) is 0 Å². The molecule has 0 N–H and O–H groups in total. The minimum absolute atomic E-state index is 0.416. The van der Waals surface area contributed by atoms with Gasteiger partial charge in [-0.25, -0.2) is 0 Å². The molecule has 1 unspecified atom stereocenters. The summed E-state index contributed by atoms with van der Waals surface area (Å²) in [5.41, 5.74) is 3.76. The molecule has 0 heterocycles. The average molecular weight is 409 g/mol. The van der Waals surface area contributed by atoms with Crippen LogP contribution in [0.25, 0.3) is 0 Å². The van der Waals surface area contributed by atoms with Crippen LogP contribution in [-0.4, -0.2) is 7.11 Å². The van der Waals surface area contributed by atoms with Crippen LogP contribution in [0.5, 0.6) is 5.75 Å². The van der Waals surface area contributed by atoms with E-state index in [9.17, 15) is 0 Å². The Kier molecular flexibility index (Phi) is 5.48. The predicted octanol–water partition coefficient (Wildman–Crippen LogP) is 6.71. The Bertz CT molecular complexity index is 686. The lowest BCUT2D eigenvalue weighted by atomic mass is 9.96. The van der Waals surface area contributed by atoms with Crippen LogP contribution in [0, 0.1) is 13.8 Å². The van der Waals surface area contributed by atoms with E-state index >= 15 is 0 Å². The highest BCUT2D eigenvalue weighted by atomic mass is 79.9. The summed E-state index contributed by atoms with van der Waals surface area (Å²) in [5, 5.41) is 0.712. The molecule has 21 heavy (non-hydrogen) atoms. The summed E-state index contributed by atoms with van der Waals surface area (Å²) in [6, 6.07) is 7.34. The highest BCUT2D eigenvalue weighted by Crippen LogP contribution is 2.44. The monoisotopic (exact) mass is 406 g/mol. The van der Waals surface area contributed by atoms with Crippen molar-refractivity contribution >= 4 is 50.7 Å². The number of rotatable bonds is 3. The van der Waals surface area contributed by atoms with Crippen LogP contribution in [0.15, 0.2) is 28.7 Å². The summed E-state index contributed by atoms with van der Waals surface area (Å²) < 4.78 is 6.54. The van der Waals surface area contributed by atoms with E-state index in [0.717, 1.165) is 32.5 Å². The topological polar surface area (TPSA) is 9.23 Å². The number of alkyl halides is 1. The van der Waals surface area contributed by atoms with Crippen molar-refractivity contribution in [3.05, 3.63) is 61.0 Å². The van der Waals surface area contributed by atoms with Crippen molar-refractivity contribution in [1.82, 2.24) is 0 Å². The lowest BCUT2D eigenvalue weighted by Crippen LogP contribution is -2.03. The van der Waals surface area contributed by atoms with Crippen LogP contribution in [0.1, 0.15) is 27.6 Å². The van der Waals surface area contributed by atoms with E-state index in [-0.39, 0.29) is 0 Å². The predicted molar refractivity (Wildman–Crippen MR) is 94.3 cm³/mol. The molecule has 0 aliphatic carbocycles. The van der Waals surface area contributed by atoms with Gasteiger partial charge < -0.3 is 4.74 Å². The molecule has 0 bridgehead atoms. The van der Waals surface area contributed by atoms with E-state index in [1.807, 2.05) is 26.0 Å². The Morgan fingerprint density at radius 3 is 2.38 bits per heavy atom. The summed E-state index contributed by atoms with van der Waals surface area (Å²) in [6.07, 6.45) is 0. The lowest BCUT2D eigenvalue weighted by Gasteiger charge is -2.21. The van der Waals surface area contributed by atoms with E-state index in [4.69, 9.17) is 39.5 Å². The van der Waals surface area contributed by atoms with Gasteiger partial charge in [0, 0.05) is 20.1 Å². The summed E-state index contributed by atoms with van der Waals surface area (Å²) >= 11 is 22.5. The minimum atomic E-state index is -0.416. The third-order valence-electron chi connectivity index (χ3n) is 3.40. The number of halogens is 4. The van der Waals surface area contributed by atoms with Crippen LogP contribution in [0.3, 0.4) is 0 Å². The van der Waals surface area contributed by atoms with Crippen molar-refractivity contribution in [3.63, 3.8) is 0 Å². The first-order chi connectivity index (χ1) is 9.86.